The lowest BCUT2D eigenvalue weighted by Crippen LogP contribution is -2.60. The van der Waals surface area contributed by atoms with Crippen LogP contribution in [0.2, 0.25) is 0 Å². The van der Waals surface area contributed by atoms with E-state index in [1.165, 1.54) is 0 Å². The van der Waals surface area contributed by atoms with Crippen LogP contribution in [0.1, 0.15) is 32.8 Å². The van der Waals surface area contributed by atoms with E-state index in [1.807, 2.05) is 39.0 Å². The molecule has 2 atom stereocenters. The van der Waals surface area contributed by atoms with Crippen molar-refractivity contribution >= 4 is 29.1 Å². The van der Waals surface area contributed by atoms with Crippen LogP contribution in [-0.4, -0.2) is 53.5 Å². The third-order valence-electron chi connectivity index (χ3n) is 4.63. The SMILES string of the molecule is CC(C)(C)OC(=O)N1CC[C@H](N)[C@H](NC(=S)Nc2cccc3c2CCO3)C1. The molecule has 1 aromatic carbocycles. The highest BCUT2D eigenvalue weighted by atomic mass is 32.1. The highest BCUT2D eigenvalue weighted by Crippen LogP contribution is 2.31. The Morgan fingerprint density at radius 2 is 2.19 bits per heavy atom. The molecule has 0 aromatic heterocycles. The Morgan fingerprint density at radius 3 is 2.93 bits per heavy atom. The second-order valence-corrected chi connectivity index (χ2v) is 8.37. The molecule has 2 aliphatic heterocycles. The number of ether oxygens (including phenoxy) is 2. The van der Waals surface area contributed by atoms with Crippen molar-refractivity contribution in [2.75, 3.05) is 25.0 Å². The number of benzene rings is 1. The number of nitrogens with two attached hydrogens (primary N) is 1. The van der Waals surface area contributed by atoms with Crippen LogP contribution in [0.25, 0.3) is 0 Å². The Labute approximate surface area is 165 Å². The lowest BCUT2D eigenvalue weighted by molar-refractivity contribution is 0.0182. The lowest BCUT2D eigenvalue weighted by Gasteiger charge is -2.38. The van der Waals surface area contributed by atoms with E-state index in [4.69, 9.17) is 27.4 Å². The van der Waals surface area contributed by atoms with Crippen LogP contribution in [-0.2, 0) is 11.2 Å². The first-order valence-corrected chi connectivity index (χ1v) is 9.69. The first-order chi connectivity index (χ1) is 12.7. The van der Waals surface area contributed by atoms with E-state index >= 15 is 0 Å². The van der Waals surface area contributed by atoms with E-state index in [9.17, 15) is 4.79 Å². The molecule has 27 heavy (non-hydrogen) atoms. The van der Waals surface area contributed by atoms with Crippen molar-refractivity contribution in [2.24, 2.45) is 5.73 Å². The Morgan fingerprint density at radius 1 is 1.41 bits per heavy atom. The molecule has 1 aromatic rings. The Balaban J connectivity index is 1.59. The molecule has 1 fully saturated rings. The molecule has 148 valence electrons. The minimum atomic E-state index is -0.522. The number of piperidine rings is 1. The van der Waals surface area contributed by atoms with E-state index in [1.54, 1.807) is 4.90 Å². The van der Waals surface area contributed by atoms with Crippen LogP contribution in [0.3, 0.4) is 0 Å². The molecule has 0 radical (unpaired) electrons. The van der Waals surface area contributed by atoms with Crippen LogP contribution < -0.4 is 21.1 Å². The van der Waals surface area contributed by atoms with Crippen molar-refractivity contribution in [1.82, 2.24) is 10.2 Å². The summed E-state index contributed by atoms with van der Waals surface area (Å²) in [5, 5.41) is 6.99. The number of likely N-dealkylation sites (tertiary alicyclic amines) is 1. The van der Waals surface area contributed by atoms with Crippen LogP contribution in [0, 0.1) is 0 Å². The largest absolute Gasteiger partial charge is 0.493 e. The topological polar surface area (TPSA) is 88.9 Å². The first-order valence-electron chi connectivity index (χ1n) is 9.28. The summed E-state index contributed by atoms with van der Waals surface area (Å²) in [5.74, 6) is 0.897. The number of anilines is 1. The second kappa shape index (κ2) is 7.90. The van der Waals surface area contributed by atoms with Crippen molar-refractivity contribution in [3.8, 4) is 5.75 Å². The summed E-state index contributed by atoms with van der Waals surface area (Å²) in [7, 11) is 0. The zero-order valence-corrected chi connectivity index (χ0v) is 16.9. The molecule has 1 saturated heterocycles. The van der Waals surface area contributed by atoms with Crippen molar-refractivity contribution in [2.45, 2.75) is 51.3 Å². The fraction of sp³-hybridized carbons (Fsp3) is 0.579. The van der Waals surface area contributed by atoms with Gasteiger partial charge in [0.05, 0.1) is 12.6 Å². The summed E-state index contributed by atoms with van der Waals surface area (Å²) in [5.41, 5.74) is 7.80. The molecule has 8 heteroatoms. The first kappa shape index (κ1) is 19.7. The van der Waals surface area contributed by atoms with Gasteiger partial charge in [0.2, 0.25) is 0 Å². The van der Waals surface area contributed by atoms with Crippen LogP contribution in [0.15, 0.2) is 18.2 Å². The van der Waals surface area contributed by atoms with Crippen molar-refractivity contribution in [3.05, 3.63) is 23.8 Å². The molecule has 1 amide bonds. The van der Waals surface area contributed by atoms with E-state index < -0.39 is 5.60 Å². The monoisotopic (exact) mass is 392 g/mol. The second-order valence-electron chi connectivity index (χ2n) is 7.96. The number of hydrogen-bond acceptors (Lipinski definition) is 5. The molecular formula is C19H28N4O3S. The Hall–Kier alpha value is -2.06. The van der Waals surface area contributed by atoms with Gasteiger partial charge in [-0.1, -0.05) is 6.07 Å². The Bertz CT molecular complexity index is 719. The summed E-state index contributed by atoms with van der Waals surface area (Å²) in [6, 6.07) is 5.65. The van der Waals surface area contributed by atoms with Gasteiger partial charge in [-0.05, 0) is 51.5 Å². The minimum Gasteiger partial charge on any atom is -0.493 e. The number of carbonyl (C=O) groups is 1. The zero-order valence-electron chi connectivity index (χ0n) is 16.1. The molecule has 2 heterocycles. The van der Waals surface area contributed by atoms with Crippen molar-refractivity contribution in [3.63, 3.8) is 0 Å². The van der Waals surface area contributed by atoms with Crippen LogP contribution in [0.4, 0.5) is 10.5 Å². The van der Waals surface area contributed by atoms with E-state index in [-0.39, 0.29) is 18.2 Å². The predicted molar refractivity (Wildman–Crippen MR) is 109 cm³/mol. The van der Waals surface area contributed by atoms with Gasteiger partial charge in [0.15, 0.2) is 5.11 Å². The fourth-order valence-electron chi connectivity index (χ4n) is 3.28. The van der Waals surface area contributed by atoms with Crippen LogP contribution in [0.5, 0.6) is 5.75 Å². The molecule has 4 N–H and O–H groups in total. The van der Waals surface area contributed by atoms with Crippen molar-refractivity contribution in [1.29, 1.82) is 0 Å². The van der Waals surface area contributed by atoms with E-state index in [2.05, 4.69) is 10.6 Å². The van der Waals surface area contributed by atoms with Crippen LogP contribution >= 0.6 is 12.2 Å². The highest BCUT2D eigenvalue weighted by Gasteiger charge is 2.32. The predicted octanol–water partition coefficient (Wildman–Crippen LogP) is 2.24. The standard InChI is InChI=1S/C19H28N4O3S/c1-19(2,3)26-18(24)23-9-7-13(20)15(11-23)22-17(27)21-14-5-4-6-16-12(14)8-10-25-16/h4-6,13,15H,7-11,20H2,1-3H3,(H2,21,22,27)/t13-,15+/m0/s1. The summed E-state index contributed by atoms with van der Waals surface area (Å²) < 4.78 is 11.1. The van der Waals surface area contributed by atoms with E-state index in [0.717, 1.165) is 23.4 Å². The molecule has 0 saturated carbocycles. The number of thiocarbonyl (C=S) groups is 1. The molecular weight excluding hydrogens is 364 g/mol. The fourth-order valence-corrected chi connectivity index (χ4v) is 3.54. The maximum atomic E-state index is 12.3. The maximum absolute atomic E-state index is 12.3. The van der Waals surface area contributed by atoms with Gasteiger partial charge in [0, 0.05) is 36.8 Å². The third-order valence-corrected chi connectivity index (χ3v) is 4.85. The summed E-state index contributed by atoms with van der Waals surface area (Å²) in [6.07, 6.45) is 1.23. The number of fused-ring (bicyclic) bond motifs is 1. The van der Waals surface area contributed by atoms with Gasteiger partial charge in [0.1, 0.15) is 11.4 Å². The molecule has 0 spiro atoms. The number of amides is 1. The van der Waals surface area contributed by atoms with Gasteiger partial charge < -0.3 is 30.7 Å². The molecule has 0 bridgehead atoms. The third kappa shape index (κ3) is 5.01. The summed E-state index contributed by atoms with van der Waals surface area (Å²) in [6.45, 7) is 7.30. The average Bonchev–Trinajstić information content (AvgIpc) is 3.05. The molecule has 2 aliphatic rings. The molecule has 0 unspecified atom stereocenters. The van der Waals surface area contributed by atoms with Gasteiger partial charge >= 0.3 is 6.09 Å². The normalized spacial score (nSPS) is 21.9. The maximum Gasteiger partial charge on any atom is 0.410 e. The van der Waals surface area contributed by atoms with Gasteiger partial charge in [0.25, 0.3) is 0 Å². The van der Waals surface area contributed by atoms with Gasteiger partial charge in [-0.2, -0.15) is 0 Å². The Kier molecular flexibility index (Phi) is 5.76. The zero-order chi connectivity index (χ0) is 19.6. The van der Waals surface area contributed by atoms with Gasteiger partial charge in [-0.25, -0.2) is 4.79 Å². The number of carbonyl (C=O) groups excluding carboxylic acids is 1. The smallest absolute Gasteiger partial charge is 0.410 e. The molecule has 3 rings (SSSR count). The minimum absolute atomic E-state index is 0.0896. The van der Waals surface area contributed by atoms with Crippen molar-refractivity contribution < 1.29 is 14.3 Å². The summed E-state index contributed by atoms with van der Waals surface area (Å²) in [4.78, 5) is 14.0. The lowest BCUT2D eigenvalue weighted by atomic mass is 10.0. The quantitative estimate of drug-likeness (QED) is 0.665. The summed E-state index contributed by atoms with van der Waals surface area (Å²) >= 11 is 5.48. The highest BCUT2D eigenvalue weighted by molar-refractivity contribution is 7.80. The van der Waals surface area contributed by atoms with Gasteiger partial charge in [-0.15, -0.1) is 0 Å². The number of nitrogens with zero attached hydrogens (tertiary/aromatic N) is 1. The molecule has 0 aliphatic carbocycles. The van der Waals surface area contributed by atoms with Gasteiger partial charge in [-0.3, -0.25) is 0 Å². The average molecular weight is 393 g/mol. The van der Waals surface area contributed by atoms with E-state index in [0.29, 0.717) is 31.2 Å². The number of nitrogens with one attached hydrogen (secondary N) is 2. The number of hydrogen-bond donors (Lipinski definition) is 3. The number of rotatable bonds is 2. The molecule has 7 nitrogen and oxygen atoms in total.